The maximum Gasteiger partial charge on any atom is 0.157 e. The van der Waals surface area contributed by atoms with Crippen molar-refractivity contribution >= 4 is 16.9 Å². The fourth-order valence-corrected chi connectivity index (χ4v) is 8.03. The van der Waals surface area contributed by atoms with Gasteiger partial charge in [0.1, 0.15) is 0 Å². The first-order chi connectivity index (χ1) is 9.69. The van der Waals surface area contributed by atoms with Gasteiger partial charge in [0.15, 0.2) is 5.17 Å². The minimum Gasteiger partial charge on any atom is -0.359 e. The second-order valence-corrected chi connectivity index (χ2v) is 10.9. The molecule has 0 aromatic carbocycles. The van der Waals surface area contributed by atoms with Crippen LogP contribution in [0.15, 0.2) is 4.99 Å². The molecule has 4 bridgehead atoms. The van der Waals surface area contributed by atoms with E-state index in [0.717, 1.165) is 5.92 Å². The van der Waals surface area contributed by atoms with Crippen LogP contribution < -0.4 is 5.32 Å². The predicted octanol–water partition coefficient (Wildman–Crippen LogP) is 4.60. The van der Waals surface area contributed by atoms with Crippen LogP contribution in [-0.2, 0) is 0 Å². The molecule has 0 aromatic heterocycles. The summed E-state index contributed by atoms with van der Waals surface area (Å²) >= 11 is 1.95. The molecule has 5 aliphatic rings. The van der Waals surface area contributed by atoms with E-state index >= 15 is 0 Å². The summed E-state index contributed by atoms with van der Waals surface area (Å²) in [5, 5.41) is 5.22. The molecule has 3 heteroatoms. The smallest absolute Gasteiger partial charge is 0.157 e. The zero-order valence-electron chi connectivity index (χ0n) is 14.1. The average molecular weight is 307 g/mol. The minimum atomic E-state index is 0.129. The maximum atomic E-state index is 5.00. The van der Waals surface area contributed by atoms with E-state index in [2.05, 4.69) is 33.0 Å². The van der Waals surface area contributed by atoms with Crippen molar-refractivity contribution in [2.45, 2.75) is 83.7 Å². The maximum absolute atomic E-state index is 5.00. The highest BCUT2D eigenvalue weighted by Crippen LogP contribution is 2.66. The molecule has 0 amide bonds. The second kappa shape index (κ2) is 4.21. The highest BCUT2D eigenvalue weighted by Gasteiger charge is 2.60. The van der Waals surface area contributed by atoms with Gasteiger partial charge in [-0.05, 0) is 75.5 Å². The summed E-state index contributed by atoms with van der Waals surface area (Å²) in [6.45, 7) is 9.64. The van der Waals surface area contributed by atoms with Crippen molar-refractivity contribution in [3.63, 3.8) is 0 Å². The first kappa shape index (κ1) is 14.4. The van der Waals surface area contributed by atoms with Crippen LogP contribution in [0, 0.1) is 16.7 Å². The van der Waals surface area contributed by atoms with Crippen LogP contribution in [0.2, 0.25) is 0 Å². The Bertz CT molecular complexity index is 477. The minimum absolute atomic E-state index is 0.129. The van der Waals surface area contributed by atoms with Crippen molar-refractivity contribution in [2.75, 3.05) is 5.75 Å². The van der Waals surface area contributed by atoms with Gasteiger partial charge in [0, 0.05) is 11.3 Å². The van der Waals surface area contributed by atoms with Gasteiger partial charge in [-0.1, -0.05) is 25.6 Å². The van der Waals surface area contributed by atoms with Crippen LogP contribution >= 0.6 is 11.8 Å². The van der Waals surface area contributed by atoms with Gasteiger partial charge in [-0.15, -0.1) is 0 Å². The van der Waals surface area contributed by atoms with Crippen LogP contribution in [0.4, 0.5) is 0 Å². The van der Waals surface area contributed by atoms with Crippen molar-refractivity contribution in [1.82, 2.24) is 5.32 Å². The van der Waals surface area contributed by atoms with Crippen molar-refractivity contribution in [3.05, 3.63) is 0 Å². The molecule has 0 radical (unpaired) electrons. The quantitative estimate of drug-likeness (QED) is 0.766. The molecule has 0 spiro atoms. The van der Waals surface area contributed by atoms with E-state index in [9.17, 15) is 0 Å². The van der Waals surface area contributed by atoms with Crippen molar-refractivity contribution in [3.8, 4) is 0 Å². The summed E-state index contributed by atoms with van der Waals surface area (Å²) in [7, 11) is 0. The normalized spacial score (nSPS) is 50.9. The summed E-state index contributed by atoms with van der Waals surface area (Å²) in [5.41, 5.74) is 1.64. The first-order valence-electron chi connectivity index (χ1n) is 8.70. The Balaban J connectivity index is 1.61. The number of hydrogen-bond acceptors (Lipinski definition) is 3. The van der Waals surface area contributed by atoms with Crippen LogP contribution in [0.3, 0.4) is 0 Å². The fraction of sp³-hybridized carbons (Fsp3) is 0.944. The largest absolute Gasteiger partial charge is 0.359 e. The Labute approximate surface area is 133 Å². The standard InChI is InChI=1S/C18H30N2S/c1-15(2)5-6-21-14(19-15)20-18-9-13-7-16(3,11-18)10-17(4,8-13)12-18/h13H,5-12H2,1-4H3,(H,19,20). The molecule has 4 saturated carbocycles. The van der Waals surface area contributed by atoms with E-state index in [-0.39, 0.29) is 5.54 Å². The molecule has 118 valence electrons. The van der Waals surface area contributed by atoms with Gasteiger partial charge in [-0.25, -0.2) is 0 Å². The van der Waals surface area contributed by atoms with E-state index in [1.807, 2.05) is 11.8 Å². The Kier molecular flexibility index (Phi) is 2.89. The molecule has 21 heavy (non-hydrogen) atoms. The molecule has 0 saturated heterocycles. The lowest BCUT2D eigenvalue weighted by molar-refractivity contribution is -0.111. The van der Waals surface area contributed by atoms with Crippen molar-refractivity contribution < 1.29 is 0 Å². The molecule has 1 heterocycles. The van der Waals surface area contributed by atoms with E-state index < -0.39 is 0 Å². The topological polar surface area (TPSA) is 24.4 Å². The zero-order valence-corrected chi connectivity index (χ0v) is 14.9. The second-order valence-electron chi connectivity index (χ2n) is 9.86. The number of hydrogen-bond donors (Lipinski definition) is 1. The molecule has 0 aromatic rings. The molecule has 1 N–H and O–H groups in total. The molecule has 5 rings (SSSR count). The van der Waals surface area contributed by atoms with Crippen molar-refractivity contribution in [1.29, 1.82) is 0 Å². The van der Waals surface area contributed by atoms with Gasteiger partial charge in [-0.3, -0.25) is 4.99 Å². The van der Waals surface area contributed by atoms with E-state index in [4.69, 9.17) is 4.99 Å². The number of rotatable bonds is 1. The number of nitrogens with one attached hydrogen (secondary N) is 1. The molecular weight excluding hydrogens is 276 g/mol. The van der Waals surface area contributed by atoms with Crippen molar-refractivity contribution in [2.24, 2.45) is 21.7 Å². The molecule has 4 fully saturated rings. The predicted molar refractivity (Wildman–Crippen MR) is 91.9 cm³/mol. The highest BCUT2D eigenvalue weighted by atomic mass is 32.2. The lowest BCUT2D eigenvalue weighted by Crippen LogP contribution is -2.65. The summed E-state index contributed by atoms with van der Waals surface area (Å²) < 4.78 is 0. The van der Waals surface area contributed by atoms with Gasteiger partial charge < -0.3 is 5.32 Å². The number of thioether (sulfide) groups is 1. The molecule has 1 aliphatic heterocycles. The van der Waals surface area contributed by atoms with Crippen LogP contribution in [0.1, 0.15) is 72.6 Å². The lowest BCUT2D eigenvalue weighted by atomic mass is 9.43. The number of nitrogens with zero attached hydrogens (tertiary/aromatic N) is 1. The molecule has 2 nitrogen and oxygen atoms in total. The number of amidine groups is 1. The molecule has 2 unspecified atom stereocenters. The van der Waals surface area contributed by atoms with E-state index in [0.29, 0.717) is 16.4 Å². The molecule has 4 aliphatic carbocycles. The summed E-state index contributed by atoms with van der Waals surface area (Å²) in [4.78, 5) is 5.00. The Morgan fingerprint density at radius 2 is 1.67 bits per heavy atom. The highest BCUT2D eigenvalue weighted by molar-refractivity contribution is 8.13. The average Bonchev–Trinajstić information content (AvgIpc) is 2.20. The van der Waals surface area contributed by atoms with E-state index in [1.54, 1.807) is 0 Å². The zero-order chi connectivity index (χ0) is 14.9. The molecule has 2 atom stereocenters. The Morgan fingerprint density at radius 1 is 1.00 bits per heavy atom. The van der Waals surface area contributed by atoms with Crippen LogP contribution in [0.5, 0.6) is 0 Å². The Morgan fingerprint density at radius 3 is 2.24 bits per heavy atom. The van der Waals surface area contributed by atoms with Gasteiger partial charge in [0.05, 0.1) is 5.54 Å². The summed E-state index contributed by atoms with van der Waals surface area (Å²) in [6, 6.07) is 0. The third-order valence-electron chi connectivity index (χ3n) is 6.36. The van der Waals surface area contributed by atoms with E-state index in [1.165, 1.54) is 55.9 Å². The van der Waals surface area contributed by atoms with Gasteiger partial charge in [0.25, 0.3) is 0 Å². The first-order valence-corrected chi connectivity index (χ1v) is 9.69. The molecular formula is C18H30N2S. The number of aliphatic imine (C=N–C) groups is 1. The third kappa shape index (κ3) is 2.54. The SMILES string of the molecule is CC12CC3CC(C)(C1)CC(NC1=NC(C)(C)CCS1)(C3)C2. The van der Waals surface area contributed by atoms with Gasteiger partial charge >= 0.3 is 0 Å². The van der Waals surface area contributed by atoms with Crippen LogP contribution in [0.25, 0.3) is 0 Å². The fourth-order valence-electron chi connectivity index (χ4n) is 6.64. The monoisotopic (exact) mass is 306 g/mol. The summed E-state index contributed by atoms with van der Waals surface area (Å²) in [5.74, 6) is 2.17. The van der Waals surface area contributed by atoms with Gasteiger partial charge in [-0.2, -0.15) is 0 Å². The lowest BCUT2D eigenvalue weighted by Gasteiger charge is -2.65. The van der Waals surface area contributed by atoms with Gasteiger partial charge in [0.2, 0.25) is 0 Å². The third-order valence-corrected chi connectivity index (χ3v) is 7.23. The summed E-state index contributed by atoms with van der Waals surface area (Å²) in [6.07, 6.45) is 9.71. The Hall–Kier alpha value is -0.180. The van der Waals surface area contributed by atoms with Crippen LogP contribution in [-0.4, -0.2) is 22.0 Å².